The zero-order valence-corrected chi connectivity index (χ0v) is 20.8. The quantitative estimate of drug-likeness (QED) is 0.216. The minimum absolute atomic E-state index is 0.0908. The molecule has 1 unspecified atom stereocenters. The van der Waals surface area contributed by atoms with E-state index in [9.17, 15) is 0 Å². The number of nitrogens with zero attached hydrogens (tertiary/aromatic N) is 2. The number of hydrogen-bond acceptors (Lipinski definition) is 3. The molecule has 178 valence electrons. The lowest BCUT2D eigenvalue weighted by molar-refractivity contribution is 0.186. The van der Waals surface area contributed by atoms with Crippen molar-refractivity contribution in [3.05, 3.63) is 89.7 Å². The lowest BCUT2D eigenvalue weighted by Gasteiger charge is -2.19. The highest BCUT2D eigenvalue weighted by Crippen LogP contribution is 2.29. The molecular formula is C30H36N2O2. The number of benzene rings is 3. The van der Waals surface area contributed by atoms with E-state index < -0.39 is 0 Å². The van der Waals surface area contributed by atoms with Gasteiger partial charge in [-0.15, -0.1) is 0 Å². The van der Waals surface area contributed by atoms with Crippen LogP contribution in [0.1, 0.15) is 69.0 Å². The predicted molar refractivity (Wildman–Crippen MR) is 140 cm³/mol. The van der Waals surface area contributed by atoms with Gasteiger partial charge in [0.05, 0.1) is 17.6 Å². The Morgan fingerprint density at radius 3 is 2.44 bits per heavy atom. The maximum Gasteiger partial charge on any atom is 0.156 e. The molecule has 0 N–H and O–H groups in total. The van der Waals surface area contributed by atoms with Crippen LogP contribution in [0.15, 0.2) is 72.8 Å². The highest BCUT2D eigenvalue weighted by Gasteiger charge is 2.20. The van der Waals surface area contributed by atoms with E-state index in [1.165, 1.54) is 11.1 Å². The summed E-state index contributed by atoms with van der Waals surface area (Å²) in [6.45, 7) is 10.3. The first-order valence-corrected chi connectivity index (χ1v) is 12.5. The zero-order chi connectivity index (χ0) is 23.9. The van der Waals surface area contributed by atoms with Gasteiger partial charge in [0.15, 0.2) is 11.9 Å². The van der Waals surface area contributed by atoms with Crippen LogP contribution >= 0.6 is 0 Å². The molecule has 0 aliphatic heterocycles. The van der Waals surface area contributed by atoms with E-state index in [2.05, 4.69) is 68.7 Å². The smallest absolute Gasteiger partial charge is 0.156 e. The van der Waals surface area contributed by atoms with Gasteiger partial charge >= 0.3 is 0 Å². The van der Waals surface area contributed by atoms with E-state index in [4.69, 9.17) is 14.5 Å². The SMILES string of the molecule is CCC(Oc1ccccc1)c1nc2ccccc2n1CCCCOc1cc(C)ccc1C(C)C. The van der Waals surface area contributed by atoms with E-state index in [0.717, 1.165) is 54.2 Å². The van der Waals surface area contributed by atoms with Gasteiger partial charge in [-0.25, -0.2) is 4.98 Å². The van der Waals surface area contributed by atoms with Crippen LogP contribution in [-0.2, 0) is 6.54 Å². The van der Waals surface area contributed by atoms with E-state index in [1.54, 1.807) is 0 Å². The van der Waals surface area contributed by atoms with Crippen LogP contribution in [-0.4, -0.2) is 16.2 Å². The Kier molecular flexibility index (Phi) is 7.89. The van der Waals surface area contributed by atoms with E-state index in [0.29, 0.717) is 12.5 Å². The second-order valence-corrected chi connectivity index (χ2v) is 9.19. The molecule has 3 aromatic carbocycles. The normalized spacial score (nSPS) is 12.3. The van der Waals surface area contributed by atoms with Crippen LogP contribution in [0.4, 0.5) is 0 Å². The number of hydrogen-bond donors (Lipinski definition) is 0. The predicted octanol–water partition coefficient (Wildman–Crippen LogP) is 7.86. The minimum Gasteiger partial charge on any atom is -0.493 e. The molecule has 0 aliphatic rings. The second kappa shape index (κ2) is 11.2. The number of ether oxygens (including phenoxy) is 2. The molecule has 0 saturated carbocycles. The summed E-state index contributed by atoms with van der Waals surface area (Å²) in [6.07, 6.45) is 2.75. The van der Waals surface area contributed by atoms with Gasteiger partial charge in [0.25, 0.3) is 0 Å². The highest BCUT2D eigenvalue weighted by molar-refractivity contribution is 5.76. The van der Waals surface area contributed by atoms with Gasteiger partial charge in [0, 0.05) is 6.54 Å². The Hall–Kier alpha value is -3.27. The first-order chi connectivity index (χ1) is 16.6. The van der Waals surface area contributed by atoms with Crippen molar-refractivity contribution in [2.45, 2.75) is 65.5 Å². The van der Waals surface area contributed by atoms with E-state index in [1.807, 2.05) is 36.4 Å². The maximum absolute atomic E-state index is 6.34. The molecule has 0 amide bonds. The number of imidazole rings is 1. The number of aryl methyl sites for hydroxylation is 2. The second-order valence-electron chi connectivity index (χ2n) is 9.19. The van der Waals surface area contributed by atoms with Crippen molar-refractivity contribution in [1.82, 2.24) is 9.55 Å². The fourth-order valence-corrected chi connectivity index (χ4v) is 4.35. The Morgan fingerprint density at radius 1 is 0.912 bits per heavy atom. The number of fused-ring (bicyclic) bond motifs is 1. The molecule has 34 heavy (non-hydrogen) atoms. The number of unbranched alkanes of at least 4 members (excludes halogenated alkanes) is 1. The molecule has 0 saturated heterocycles. The Morgan fingerprint density at radius 2 is 1.68 bits per heavy atom. The highest BCUT2D eigenvalue weighted by atomic mass is 16.5. The van der Waals surface area contributed by atoms with Crippen molar-refractivity contribution in [3.8, 4) is 11.5 Å². The van der Waals surface area contributed by atoms with Crippen LogP contribution in [0.5, 0.6) is 11.5 Å². The topological polar surface area (TPSA) is 36.3 Å². The van der Waals surface area contributed by atoms with Crippen molar-refractivity contribution < 1.29 is 9.47 Å². The van der Waals surface area contributed by atoms with Crippen LogP contribution in [0.2, 0.25) is 0 Å². The largest absolute Gasteiger partial charge is 0.493 e. The summed E-state index contributed by atoms with van der Waals surface area (Å²) < 4.78 is 14.9. The Bertz CT molecular complexity index is 1200. The van der Waals surface area contributed by atoms with Crippen LogP contribution in [0.25, 0.3) is 11.0 Å². The summed E-state index contributed by atoms with van der Waals surface area (Å²) in [6, 6.07) is 24.9. The molecule has 0 radical (unpaired) electrons. The van der Waals surface area contributed by atoms with Crippen molar-refractivity contribution in [2.24, 2.45) is 0 Å². The van der Waals surface area contributed by atoms with Gasteiger partial charge in [0.2, 0.25) is 0 Å². The summed E-state index contributed by atoms with van der Waals surface area (Å²) in [5, 5.41) is 0. The third kappa shape index (κ3) is 5.61. The van der Waals surface area contributed by atoms with Gasteiger partial charge in [-0.1, -0.05) is 63.2 Å². The molecule has 0 bridgehead atoms. The van der Waals surface area contributed by atoms with Crippen molar-refractivity contribution >= 4 is 11.0 Å². The number of aromatic nitrogens is 2. The van der Waals surface area contributed by atoms with Crippen molar-refractivity contribution in [2.75, 3.05) is 6.61 Å². The van der Waals surface area contributed by atoms with Crippen LogP contribution in [0.3, 0.4) is 0 Å². The van der Waals surface area contributed by atoms with Gasteiger partial charge < -0.3 is 14.0 Å². The Balaban J connectivity index is 1.45. The van der Waals surface area contributed by atoms with Crippen molar-refractivity contribution in [1.29, 1.82) is 0 Å². The minimum atomic E-state index is -0.0908. The van der Waals surface area contributed by atoms with Gasteiger partial charge in [0.1, 0.15) is 11.5 Å². The summed E-state index contributed by atoms with van der Waals surface area (Å²) in [5.41, 5.74) is 4.69. The fraction of sp³-hybridized carbons (Fsp3) is 0.367. The average molecular weight is 457 g/mol. The fourth-order valence-electron chi connectivity index (χ4n) is 4.35. The van der Waals surface area contributed by atoms with Gasteiger partial charge in [-0.05, 0) is 73.6 Å². The molecule has 4 aromatic rings. The number of rotatable bonds is 11. The molecule has 4 nitrogen and oxygen atoms in total. The molecule has 1 atom stereocenters. The van der Waals surface area contributed by atoms with Gasteiger partial charge in [-0.3, -0.25) is 0 Å². The van der Waals surface area contributed by atoms with Gasteiger partial charge in [-0.2, -0.15) is 0 Å². The Labute approximate surface area is 203 Å². The molecule has 0 spiro atoms. The molecule has 4 heteroatoms. The lowest BCUT2D eigenvalue weighted by Crippen LogP contribution is -2.15. The zero-order valence-electron chi connectivity index (χ0n) is 20.8. The average Bonchev–Trinajstić information content (AvgIpc) is 3.21. The van der Waals surface area contributed by atoms with Crippen LogP contribution < -0.4 is 9.47 Å². The summed E-state index contributed by atoms with van der Waals surface area (Å²) in [7, 11) is 0. The molecular weight excluding hydrogens is 420 g/mol. The summed E-state index contributed by atoms with van der Waals surface area (Å²) in [4.78, 5) is 4.97. The van der Waals surface area contributed by atoms with Crippen LogP contribution in [0, 0.1) is 6.92 Å². The molecule has 0 fully saturated rings. The summed E-state index contributed by atoms with van der Waals surface area (Å²) in [5.74, 6) is 3.34. The molecule has 1 heterocycles. The standard InChI is InChI=1S/C30H36N2O2/c1-5-28(34-24-13-7-6-8-14-24)30-31-26-15-9-10-16-27(26)32(30)19-11-12-20-33-29-21-23(4)17-18-25(29)22(2)3/h6-10,13-18,21-22,28H,5,11-12,19-20H2,1-4H3. The third-order valence-electron chi connectivity index (χ3n) is 6.19. The lowest BCUT2D eigenvalue weighted by atomic mass is 10.0. The maximum atomic E-state index is 6.34. The third-order valence-corrected chi connectivity index (χ3v) is 6.19. The van der Waals surface area contributed by atoms with Crippen molar-refractivity contribution in [3.63, 3.8) is 0 Å². The van der Waals surface area contributed by atoms with E-state index >= 15 is 0 Å². The number of para-hydroxylation sites is 3. The van der Waals surface area contributed by atoms with E-state index in [-0.39, 0.29) is 6.10 Å². The first-order valence-electron chi connectivity index (χ1n) is 12.5. The monoisotopic (exact) mass is 456 g/mol. The molecule has 0 aliphatic carbocycles. The molecule has 4 rings (SSSR count). The summed E-state index contributed by atoms with van der Waals surface area (Å²) >= 11 is 0. The first kappa shape index (κ1) is 23.9. The molecule has 1 aromatic heterocycles.